The average molecular weight is 409 g/mol. The molecule has 0 bridgehead atoms. The van der Waals surface area contributed by atoms with Crippen LogP contribution in [0.1, 0.15) is 25.1 Å². The average Bonchev–Trinajstić information content (AvgIpc) is 3.27. The van der Waals surface area contributed by atoms with E-state index in [2.05, 4.69) is 10.3 Å². The third kappa shape index (κ3) is 4.47. The van der Waals surface area contributed by atoms with Gasteiger partial charge in [-0.25, -0.2) is 4.98 Å². The summed E-state index contributed by atoms with van der Waals surface area (Å²) >= 11 is 13.6. The number of oxazole rings is 1. The van der Waals surface area contributed by atoms with Crippen LogP contribution in [0, 0.1) is 0 Å². The van der Waals surface area contributed by atoms with Crippen molar-refractivity contribution in [3.63, 3.8) is 0 Å². The molecule has 7 heteroatoms. The third-order valence-electron chi connectivity index (χ3n) is 4.05. The highest BCUT2D eigenvalue weighted by molar-refractivity contribution is 7.13. The molecule has 3 aromatic rings. The first-order valence-electron chi connectivity index (χ1n) is 8.06. The van der Waals surface area contributed by atoms with Crippen LogP contribution in [0.5, 0.6) is 0 Å². The van der Waals surface area contributed by atoms with Crippen LogP contribution in [-0.2, 0) is 16.6 Å². The minimum atomic E-state index is -0.282. The van der Waals surface area contributed by atoms with Gasteiger partial charge in [-0.15, -0.1) is 11.3 Å². The first-order chi connectivity index (χ1) is 12.3. The summed E-state index contributed by atoms with van der Waals surface area (Å²) in [6.07, 6.45) is 1.70. The Labute approximate surface area is 166 Å². The Morgan fingerprint density at radius 3 is 2.77 bits per heavy atom. The summed E-state index contributed by atoms with van der Waals surface area (Å²) in [6, 6.07) is 9.39. The summed E-state index contributed by atoms with van der Waals surface area (Å²) in [4.78, 5) is 17.6. The van der Waals surface area contributed by atoms with E-state index >= 15 is 0 Å². The Bertz CT molecular complexity index is 904. The van der Waals surface area contributed by atoms with Gasteiger partial charge in [0.2, 0.25) is 11.8 Å². The van der Waals surface area contributed by atoms with Gasteiger partial charge in [-0.05, 0) is 29.1 Å². The molecule has 0 radical (unpaired) electrons. The van der Waals surface area contributed by atoms with Crippen molar-refractivity contribution in [2.24, 2.45) is 0 Å². The molecule has 2 heterocycles. The summed E-state index contributed by atoms with van der Waals surface area (Å²) in [5.41, 5.74) is 1.34. The Kier molecular flexibility index (Phi) is 5.70. The van der Waals surface area contributed by atoms with Gasteiger partial charge in [0.15, 0.2) is 0 Å². The van der Waals surface area contributed by atoms with E-state index in [1.54, 1.807) is 17.4 Å². The molecule has 0 atom stereocenters. The summed E-state index contributed by atoms with van der Waals surface area (Å²) in [5, 5.41) is 5.93. The molecule has 4 nitrogen and oxygen atoms in total. The summed E-state index contributed by atoms with van der Waals surface area (Å²) in [5.74, 6) is 0.433. The van der Waals surface area contributed by atoms with Crippen molar-refractivity contribution >= 4 is 40.4 Å². The fourth-order valence-corrected chi connectivity index (χ4v) is 3.42. The van der Waals surface area contributed by atoms with E-state index in [4.69, 9.17) is 27.6 Å². The van der Waals surface area contributed by atoms with Crippen LogP contribution >= 0.6 is 34.5 Å². The topological polar surface area (TPSA) is 55.1 Å². The lowest BCUT2D eigenvalue weighted by Gasteiger charge is -2.26. The molecule has 0 aliphatic heterocycles. The van der Waals surface area contributed by atoms with Crippen LogP contribution in [0.25, 0.3) is 10.8 Å². The van der Waals surface area contributed by atoms with Gasteiger partial charge in [-0.3, -0.25) is 4.79 Å². The zero-order chi connectivity index (χ0) is 18.7. The van der Waals surface area contributed by atoms with Gasteiger partial charge in [-0.1, -0.05) is 49.2 Å². The number of amides is 1. The first-order valence-corrected chi connectivity index (χ1v) is 9.69. The fraction of sp³-hybridized carbons (Fsp3) is 0.263. The van der Waals surface area contributed by atoms with E-state index < -0.39 is 0 Å². The van der Waals surface area contributed by atoms with E-state index in [0.717, 1.165) is 10.4 Å². The maximum Gasteiger partial charge on any atom is 0.236 e. The molecule has 0 aliphatic rings. The Balaban J connectivity index is 1.59. The van der Waals surface area contributed by atoms with Crippen molar-refractivity contribution < 1.29 is 9.21 Å². The van der Waals surface area contributed by atoms with Crippen molar-refractivity contribution in [3.8, 4) is 10.8 Å². The molecule has 0 saturated carbocycles. The number of rotatable bonds is 6. The molecule has 0 unspecified atom stereocenters. The van der Waals surface area contributed by atoms with Gasteiger partial charge in [0, 0.05) is 12.0 Å². The summed E-state index contributed by atoms with van der Waals surface area (Å²) < 4.78 is 5.44. The van der Waals surface area contributed by atoms with E-state index in [-0.39, 0.29) is 17.7 Å². The number of halogens is 2. The molecule has 0 aliphatic carbocycles. The predicted octanol–water partition coefficient (Wildman–Crippen LogP) is 5.35. The van der Waals surface area contributed by atoms with Crippen LogP contribution in [0.15, 0.2) is 46.4 Å². The zero-order valence-corrected chi connectivity index (χ0v) is 16.7. The fourth-order valence-electron chi connectivity index (χ4n) is 2.47. The second kappa shape index (κ2) is 7.82. The molecule has 0 fully saturated rings. The summed E-state index contributed by atoms with van der Waals surface area (Å²) in [7, 11) is 0. The lowest BCUT2D eigenvalue weighted by Crippen LogP contribution is -2.37. The van der Waals surface area contributed by atoms with E-state index in [9.17, 15) is 4.79 Å². The van der Waals surface area contributed by atoms with Gasteiger partial charge in [0.1, 0.15) is 6.26 Å². The normalized spacial score (nSPS) is 11.5. The monoisotopic (exact) mass is 408 g/mol. The van der Waals surface area contributed by atoms with Crippen molar-refractivity contribution in [3.05, 3.63) is 63.3 Å². The maximum absolute atomic E-state index is 12.3. The van der Waals surface area contributed by atoms with Crippen LogP contribution < -0.4 is 5.32 Å². The highest BCUT2D eigenvalue weighted by atomic mass is 35.5. The van der Waals surface area contributed by atoms with Crippen molar-refractivity contribution in [1.29, 1.82) is 0 Å². The first kappa shape index (κ1) is 19.0. The minimum Gasteiger partial charge on any atom is -0.444 e. The quantitative estimate of drug-likeness (QED) is 0.598. The van der Waals surface area contributed by atoms with Gasteiger partial charge in [0.05, 0.1) is 27.0 Å². The molecule has 2 aromatic heterocycles. The van der Waals surface area contributed by atoms with Gasteiger partial charge >= 0.3 is 0 Å². The van der Waals surface area contributed by atoms with Crippen LogP contribution in [0.4, 0.5) is 0 Å². The molecule has 0 spiro atoms. The lowest BCUT2D eigenvalue weighted by molar-refractivity contribution is -0.120. The van der Waals surface area contributed by atoms with Gasteiger partial charge in [-0.2, -0.15) is 0 Å². The van der Waals surface area contributed by atoms with Crippen molar-refractivity contribution in [2.75, 3.05) is 6.54 Å². The van der Waals surface area contributed by atoms with Crippen molar-refractivity contribution in [2.45, 2.75) is 25.7 Å². The number of thiophene rings is 1. The largest absolute Gasteiger partial charge is 0.444 e. The lowest BCUT2D eigenvalue weighted by atomic mass is 9.84. The predicted molar refractivity (Wildman–Crippen MR) is 106 cm³/mol. The zero-order valence-electron chi connectivity index (χ0n) is 14.4. The highest BCUT2D eigenvalue weighted by Gasteiger charge is 2.22. The Morgan fingerprint density at radius 2 is 2.08 bits per heavy atom. The maximum atomic E-state index is 12.3. The highest BCUT2D eigenvalue weighted by Crippen LogP contribution is 2.29. The Hall–Kier alpha value is -1.82. The number of carbonyl (C=O) groups excluding carboxylic acids is 1. The molecule has 0 saturated heterocycles. The van der Waals surface area contributed by atoms with E-state index in [1.165, 1.54) is 6.26 Å². The molecular weight excluding hydrogens is 391 g/mol. The number of carbonyl (C=O) groups is 1. The second-order valence-corrected chi connectivity index (χ2v) is 8.35. The second-order valence-electron chi connectivity index (χ2n) is 6.59. The number of aromatic nitrogens is 1. The van der Waals surface area contributed by atoms with Crippen LogP contribution in [-0.4, -0.2) is 17.4 Å². The standard InChI is InChI=1S/C19H18Cl2N2O2S/c1-19(2,12-5-6-14(20)15(21)8-12)11-22-17(24)9-13-10-25-18(23-13)16-4-3-7-26-16/h3-8,10H,9,11H2,1-2H3,(H,22,24). The number of hydrogen-bond donors (Lipinski definition) is 1. The molecule has 1 N–H and O–H groups in total. The molecular formula is C19H18Cl2N2O2S. The minimum absolute atomic E-state index is 0.107. The summed E-state index contributed by atoms with van der Waals surface area (Å²) in [6.45, 7) is 4.55. The SMILES string of the molecule is CC(C)(CNC(=O)Cc1coc(-c2cccs2)n1)c1ccc(Cl)c(Cl)c1. The number of benzene rings is 1. The molecule has 1 amide bonds. The van der Waals surface area contributed by atoms with Crippen molar-refractivity contribution in [1.82, 2.24) is 10.3 Å². The number of hydrogen-bond acceptors (Lipinski definition) is 4. The third-order valence-corrected chi connectivity index (χ3v) is 5.65. The molecule has 3 rings (SSSR count). The van der Waals surface area contributed by atoms with Gasteiger partial charge < -0.3 is 9.73 Å². The molecule has 1 aromatic carbocycles. The molecule has 26 heavy (non-hydrogen) atoms. The smallest absolute Gasteiger partial charge is 0.236 e. The van der Waals surface area contributed by atoms with Crippen LogP contribution in [0.3, 0.4) is 0 Å². The number of nitrogens with one attached hydrogen (secondary N) is 1. The van der Waals surface area contributed by atoms with E-state index in [0.29, 0.717) is 28.2 Å². The van der Waals surface area contributed by atoms with Crippen LogP contribution in [0.2, 0.25) is 10.0 Å². The molecule has 136 valence electrons. The van der Waals surface area contributed by atoms with Gasteiger partial charge in [0.25, 0.3) is 0 Å². The Morgan fingerprint density at radius 1 is 1.27 bits per heavy atom. The number of nitrogens with zero attached hydrogens (tertiary/aromatic N) is 1. The van der Waals surface area contributed by atoms with E-state index in [1.807, 2.05) is 43.5 Å².